The van der Waals surface area contributed by atoms with Gasteiger partial charge in [0.2, 0.25) is 0 Å². The monoisotopic (exact) mass is 307 g/mol. The molecule has 0 atom stereocenters. The molecule has 0 bridgehead atoms. The predicted molar refractivity (Wildman–Crippen MR) is 90.1 cm³/mol. The fraction of sp³-hybridized carbons (Fsp3) is 0.625. The molecule has 0 spiro atoms. The van der Waals surface area contributed by atoms with Crippen molar-refractivity contribution in [3.63, 3.8) is 0 Å². The summed E-state index contributed by atoms with van der Waals surface area (Å²) in [4.78, 5) is 16.5. The Hall–Kier alpha value is -1.23. The number of carbonyl (C=O) groups excluding carboxylic acids is 1. The Morgan fingerprint density at radius 1 is 1.33 bits per heavy atom. The number of rotatable bonds is 6. The molecule has 1 heterocycles. The van der Waals surface area contributed by atoms with E-state index in [-0.39, 0.29) is 10.7 Å². The molecule has 2 N–H and O–H groups in total. The topological polar surface area (TPSA) is 54.0 Å². The van der Waals surface area contributed by atoms with E-state index in [0.717, 1.165) is 18.9 Å². The van der Waals surface area contributed by atoms with Crippen molar-refractivity contribution in [2.24, 2.45) is 0 Å². The molecule has 2 rings (SSSR count). The molecule has 0 saturated heterocycles. The van der Waals surface area contributed by atoms with Crippen molar-refractivity contribution in [2.45, 2.75) is 43.8 Å². The fourth-order valence-corrected chi connectivity index (χ4v) is 3.72. The lowest BCUT2D eigenvalue weighted by atomic mass is 9.88. The van der Waals surface area contributed by atoms with Gasteiger partial charge in [-0.15, -0.1) is 0 Å². The highest BCUT2D eigenvalue weighted by molar-refractivity contribution is 8.00. The molecular formula is C16H25N3OS. The van der Waals surface area contributed by atoms with Gasteiger partial charge in [0.15, 0.2) is 0 Å². The zero-order chi connectivity index (χ0) is 15.1. The second-order valence-electron chi connectivity index (χ2n) is 5.59. The molecule has 0 aromatic carbocycles. The Bertz CT molecular complexity index is 455. The molecule has 0 radical (unpaired) electrons. The minimum atomic E-state index is -0.0236. The van der Waals surface area contributed by atoms with Gasteiger partial charge in [-0.25, -0.2) is 4.98 Å². The van der Waals surface area contributed by atoms with Crippen molar-refractivity contribution in [3.8, 4) is 0 Å². The molecule has 5 heteroatoms. The summed E-state index contributed by atoms with van der Waals surface area (Å²) < 4.78 is 0.227. The van der Waals surface area contributed by atoms with E-state index in [2.05, 4.69) is 21.9 Å². The fourth-order valence-electron chi connectivity index (χ4n) is 2.81. The minimum Gasteiger partial charge on any atom is -0.370 e. The summed E-state index contributed by atoms with van der Waals surface area (Å²) in [6.45, 7) is 3.60. The Balaban J connectivity index is 1.91. The van der Waals surface area contributed by atoms with E-state index in [1.54, 1.807) is 6.20 Å². The van der Waals surface area contributed by atoms with Crippen molar-refractivity contribution in [2.75, 3.05) is 24.7 Å². The molecule has 1 amide bonds. The van der Waals surface area contributed by atoms with E-state index >= 15 is 0 Å². The second kappa shape index (κ2) is 7.69. The lowest BCUT2D eigenvalue weighted by Crippen LogP contribution is -2.41. The van der Waals surface area contributed by atoms with Crippen molar-refractivity contribution >= 4 is 23.5 Å². The van der Waals surface area contributed by atoms with Crippen molar-refractivity contribution in [3.05, 3.63) is 23.9 Å². The van der Waals surface area contributed by atoms with Crippen LogP contribution in [0.1, 0.15) is 49.4 Å². The number of thioether (sulfide) groups is 1. The molecule has 0 unspecified atom stereocenters. The van der Waals surface area contributed by atoms with Crippen LogP contribution in [0.15, 0.2) is 18.3 Å². The third-order valence-corrected chi connectivity index (χ3v) is 5.57. The first kappa shape index (κ1) is 16.1. The SMILES string of the molecule is CCNc1ccc(C(=O)NCC2(SC)CCCCC2)cn1. The molecule has 21 heavy (non-hydrogen) atoms. The van der Waals surface area contributed by atoms with Crippen molar-refractivity contribution < 1.29 is 4.79 Å². The molecule has 1 fully saturated rings. The minimum absolute atomic E-state index is 0.0236. The van der Waals surface area contributed by atoms with Crippen LogP contribution in [-0.4, -0.2) is 35.0 Å². The molecule has 116 valence electrons. The molecule has 4 nitrogen and oxygen atoms in total. The van der Waals surface area contributed by atoms with Gasteiger partial charge in [-0.3, -0.25) is 4.79 Å². The van der Waals surface area contributed by atoms with Crippen LogP contribution in [-0.2, 0) is 0 Å². The van der Waals surface area contributed by atoms with Gasteiger partial charge in [0, 0.05) is 24.0 Å². The maximum atomic E-state index is 12.2. The molecule has 1 aromatic heterocycles. The number of nitrogens with zero attached hydrogens (tertiary/aromatic N) is 1. The van der Waals surface area contributed by atoms with Gasteiger partial charge < -0.3 is 10.6 Å². The molecule has 1 aliphatic rings. The zero-order valence-electron chi connectivity index (χ0n) is 12.9. The number of aromatic nitrogens is 1. The first-order valence-corrected chi connectivity index (χ1v) is 8.95. The highest BCUT2D eigenvalue weighted by Gasteiger charge is 2.31. The summed E-state index contributed by atoms with van der Waals surface area (Å²) >= 11 is 1.90. The summed E-state index contributed by atoms with van der Waals surface area (Å²) in [6, 6.07) is 3.68. The van der Waals surface area contributed by atoms with E-state index in [1.807, 2.05) is 30.8 Å². The maximum absolute atomic E-state index is 12.2. The Morgan fingerprint density at radius 3 is 2.67 bits per heavy atom. The van der Waals surface area contributed by atoms with Gasteiger partial charge in [-0.05, 0) is 38.2 Å². The number of pyridine rings is 1. The van der Waals surface area contributed by atoms with Crippen LogP contribution in [0.5, 0.6) is 0 Å². The zero-order valence-corrected chi connectivity index (χ0v) is 13.8. The summed E-state index contributed by atoms with van der Waals surface area (Å²) in [5.74, 6) is 0.784. The lowest BCUT2D eigenvalue weighted by Gasteiger charge is -2.35. The third kappa shape index (κ3) is 4.37. The second-order valence-corrected chi connectivity index (χ2v) is 6.87. The third-order valence-electron chi connectivity index (χ3n) is 4.15. The first-order valence-electron chi connectivity index (χ1n) is 7.72. The summed E-state index contributed by atoms with van der Waals surface area (Å²) in [5, 5.41) is 6.22. The predicted octanol–water partition coefficient (Wildman–Crippen LogP) is 3.31. The van der Waals surface area contributed by atoms with E-state index in [4.69, 9.17) is 0 Å². The van der Waals surface area contributed by atoms with Gasteiger partial charge in [0.05, 0.1) is 5.56 Å². The first-order chi connectivity index (χ1) is 10.2. The van der Waals surface area contributed by atoms with Crippen LogP contribution in [0.25, 0.3) is 0 Å². The number of carbonyl (C=O) groups is 1. The Labute approximate surface area is 131 Å². The average molecular weight is 307 g/mol. The van der Waals surface area contributed by atoms with Crippen LogP contribution in [0.2, 0.25) is 0 Å². The van der Waals surface area contributed by atoms with Crippen LogP contribution in [0.3, 0.4) is 0 Å². The van der Waals surface area contributed by atoms with E-state index in [0.29, 0.717) is 5.56 Å². The smallest absolute Gasteiger partial charge is 0.252 e. The molecule has 1 saturated carbocycles. The van der Waals surface area contributed by atoms with E-state index in [9.17, 15) is 4.79 Å². The average Bonchev–Trinajstić information content (AvgIpc) is 2.54. The highest BCUT2D eigenvalue weighted by atomic mass is 32.2. The van der Waals surface area contributed by atoms with Gasteiger partial charge in [0.25, 0.3) is 5.91 Å². The lowest BCUT2D eigenvalue weighted by molar-refractivity contribution is 0.0946. The summed E-state index contributed by atoms with van der Waals surface area (Å²) in [6.07, 6.45) is 10.1. The quantitative estimate of drug-likeness (QED) is 0.846. The maximum Gasteiger partial charge on any atom is 0.252 e. The van der Waals surface area contributed by atoms with Crippen molar-refractivity contribution in [1.29, 1.82) is 0 Å². The van der Waals surface area contributed by atoms with E-state index in [1.165, 1.54) is 32.1 Å². The number of hydrogen-bond donors (Lipinski definition) is 2. The van der Waals surface area contributed by atoms with Gasteiger partial charge in [0.1, 0.15) is 5.82 Å². The molecule has 1 aliphatic carbocycles. The van der Waals surface area contributed by atoms with E-state index < -0.39 is 0 Å². The van der Waals surface area contributed by atoms with Crippen LogP contribution >= 0.6 is 11.8 Å². The number of nitrogens with one attached hydrogen (secondary N) is 2. The molecular weight excluding hydrogens is 282 g/mol. The number of anilines is 1. The van der Waals surface area contributed by atoms with Crippen LogP contribution in [0.4, 0.5) is 5.82 Å². The van der Waals surface area contributed by atoms with Crippen LogP contribution < -0.4 is 10.6 Å². The van der Waals surface area contributed by atoms with Gasteiger partial charge in [-0.2, -0.15) is 11.8 Å². The normalized spacial score (nSPS) is 17.2. The molecule has 0 aliphatic heterocycles. The van der Waals surface area contributed by atoms with Crippen molar-refractivity contribution in [1.82, 2.24) is 10.3 Å². The molecule has 1 aromatic rings. The number of hydrogen-bond acceptors (Lipinski definition) is 4. The Kier molecular flexibility index (Phi) is 5.91. The summed E-state index contributed by atoms with van der Waals surface area (Å²) in [5.41, 5.74) is 0.628. The van der Waals surface area contributed by atoms with Gasteiger partial charge in [-0.1, -0.05) is 19.3 Å². The standard InChI is InChI=1S/C16H25N3OS/c1-3-17-14-8-7-13(11-18-14)15(20)19-12-16(21-2)9-5-4-6-10-16/h7-8,11H,3-6,9-10,12H2,1-2H3,(H,17,18)(H,19,20). The highest BCUT2D eigenvalue weighted by Crippen LogP contribution is 2.37. The number of amides is 1. The van der Waals surface area contributed by atoms with Crippen LogP contribution in [0, 0.1) is 0 Å². The Morgan fingerprint density at radius 2 is 2.10 bits per heavy atom. The summed E-state index contributed by atoms with van der Waals surface area (Å²) in [7, 11) is 0. The van der Waals surface area contributed by atoms with Gasteiger partial charge >= 0.3 is 0 Å². The largest absolute Gasteiger partial charge is 0.370 e.